The van der Waals surface area contributed by atoms with Gasteiger partial charge >= 0.3 is 0 Å². The number of nitrogens with two attached hydrogens (primary N) is 2. The van der Waals surface area contributed by atoms with Crippen LogP contribution in [-0.4, -0.2) is 17.9 Å². The van der Waals surface area contributed by atoms with Crippen molar-refractivity contribution in [3.05, 3.63) is 24.0 Å². The van der Waals surface area contributed by atoms with Crippen molar-refractivity contribution < 1.29 is 14.0 Å². The number of nitrogen functional groups attached to an aromatic ring is 1. The summed E-state index contributed by atoms with van der Waals surface area (Å²) in [5.74, 6) is -1.45. The smallest absolute Gasteiger partial charge is 0.240 e. The van der Waals surface area contributed by atoms with Crippen molar-refractivity contribution >= 4 is 23.2 Å². The lowest BCUT2D eigenvalue weighted by atomic mass is 10.2. The fraction of sp³-hybridized carbons (Fsp3) is 0.273. The van der Waals surface area contributed by atoms with Crippen LogP contribution in [-0.2, 0) is 9.59 Å². The van der Waals surface area contributed by atoms with Gasteiger partial charge in [-0.2, -0.15) is 0 Å². The molecule has 4 N–H and O–H groups in total. The van der Waals surface area contributed by atoms with Crippen molar-refractivity contribution in [1.82, 2.24) is 0 Å². The van der Waals surface area contributed by atoms with E-state index in [1.54, 1.807) is 0 Å². The lowest BCUT2D eigenvalue weighted by molar-refractivity contribution is -0.121. The highest BCUT2D eigenvalue weighted by Crippen LogP contribution is 2.28. The van der Waals surface area contributed by atoms with E-state index < -0.39 is 17.8 Å². The number of nitrogens with zero attached hydrogens (tertiary/aromatic N) is 1. The lowest BCUT2D eigenvalue weighted by Gasteiger charge is -2.22. The molecule has 0 saturated carbocycles. The molecule has 1 aliphatic rings. The summed E-state index contributed by atoms with van der Waals surface area (Å²) in [6, 6.07) is 3.28. The lowest BCUT2D eigenvalue weighted by Crippen LogP contribution is -2.42. The molecule has 0 radical (unpaired) electrons. The first-order chi connectivity index (χ1) is 8.00. The molecule has 1 heterocycles. The van der Waals surface area contributed by atoms with Crippen molar-refractivity contribution in [2.24, 2.45) is 5.73 Å². The molecule has 17 heavy (non-hydrogen) atoms. The zero-order valence-electron chi connectivity index (χ0n) is 9.02. The van der Waals surface area contributed by atoms with Crippen LogP contribution in [0.2, 0.25) is 0 Å². The predicted molar refractivity (Wildman–Crippen MR) is 60.5 cm³/mol. The van der Waals surface area contributed by atoms with Gasteiger partial charge in [-0.15, -0.1) is 0 Å². The number of halogens is 1. The summed E-state index contributed by atoms with van der Waals surface area (Å²) in [6.07, 6.45) is 0.597. The molecule has 1 fully saturated rings. The molecule has 1 aromatic rings. The van der Waals surface area contributed by atoms with Gasteiger partial charge in [0.05, 0.1) is 5.69 Å². The number of rotatable bonds is 2. The highest BCUT2D eigenvalue weighted by Gasteiger charge is 2.35. The van der Waals surface area contributed by atoms with Crippen LogP contribution in [0.25, 0.3) is 0 Å². The molecule has 2 rings (SSSR count). The minimum atomic E-state index is -0.703. The average Bonchev–Trinajstić information content (AvgIpc) is 2.64. The summed E-state index contributed by atoms with van der Waals surface area (Å²) < 4.78 is 13.3. The SMILES string of the molecule is NC(=O)C1CCC(=O)N1c1ccc(N)c(F)c1. The Morgan fingerprint density at radius 3 is 2.76 bits per heavy atom. The Labute approximate surface area is 97.2 Å². The second kappa shape index (κ2) is 4.04. The van der Waals surface area contributed by atoms with Gasteiger partial charge in [0.1, 0.15) is 11.9 Å². The third kappa shape index (κ3) is 1.93. The van der Waals surface area contributed by atoms with E-state index in [1.165, 1.54) is 17.0 Å². The normalized spacial score (nSPS) is 19.7. The van der Waals surface area contributed by atoms with Crippen molar-refractivity contribution in [3.63, 3.8) is 0 Å². The summed E-state index contributed by atoms with van der Waals surface area (Å²) >= 11 is 0. The first kappa shape index (κ1) is 11.4. The largest absolute Gasteiger partial charge is 0.396 e. The van der Waals surface area contributed by atoms with E-state index in [9.17, 15) is 14.0 Å². The van der Waals surface area contributed by atoms with Gasteiger partial charge < -0.3 is 11.5 Å². The van der Waals surface area contributed by atoms with Crippen molar-refractivity contribution in [3.8, 4) is 0 Å². The van der Waals surface area contributed by atoms with Gasteiger partial charge in [0.15, 0.2) is 0 Å². The highest BCUT2D eigenvalue weighted by atomic mass is 19.1. The zero-order chi connectivity index (χ0) is 12.6. The molecule has 1 aliphatic heterocycles. The molecule has 6 heteroatoms. The molecule has 90 valence electrons. The molecule has 5 nitrogen and oxygen atoms in total. The summed E-state index contributed by atoms with van der Waals surface area (Å²) in [4.78, 5) is 24.1. The van der Waals surface area contributed by atoms with Gasteiger partial charge in [-0.3, -0.25) is 14.5 Å². The van der Waals surface area contributed by atoms with E-state index in [-0.39, 0.29) is 18.0 Å². The van der Waals surface area contributed by atoms with Crippen LogP contribution in [0.15, 0.2) is 18.2 Å². The van der Waals surface area contributed by atoms with Crippen molar-refractivity contribution in [2.75, 3.05) is 10.6 Å². The molecule has 1 saturated heterocycles. The van der Waals surface area contributed by atoms with Crippen LogP contribution in [0.5, 0.6) is 0 Å². The van der Waals surface area contributed by atoms with Gasteiger partial charge in [0.2, 0.25) is 11.8 Å². The quantitative estimate of drug-likeness (QED) is 0.729. The maximum atomic E-state index is 13.3. The number of amides is 2. The van der Waals surface area contributed by atoms with E-state index >= 15 is 0 Å². The van der Waals surface area contributed by atoms with Crippen LogP contribution >= 0.6 is 0 Å². The molecule has 1 atom stereocenters. The monoisotopic (exact) mass is 237 g/mol. The minimum Gasteiger partial charge on any atom is -0.396 e. The maximum Gasteiger partial charge on any atom is 0.240 e. The summed E-state index contributed by atoms with van der Waals surface area (Å²) in [7, 11) is 0. The van der Waals surface area contributed by atoms with Gasteiger partial charge in [-0.25, -0.2) is 4.39 Å². The Morgan fingerprint density at radius 1 is 1.47 bits per heavy atom. The third-order valence-electron chi connectivity index (χ3n) is 2.80. The maximum absolute atomic E-state index is 13.3. The number of anilines is 2. The van der Waals surface area contributed by atoms with Gasteiger partial charge in [-0.1, -0.05) is 0 Å². The average molecular weight is 237 g/mol. The van der Waals surface area contributed by atoms with E-state index in [4.69, 9.17) is 11.5 Å². The van der Waals surface area contributed by atoms with Crippen LogP contribution in [0.3, 0.4) is 0 Å². The number of benzene rings is 1. The van der Waals surface area contributed by atoms with Crippen LogP contribution in [0, 0.1) is 5.82 Å². The Bertz CT molecular complexity index is 490. The summed E-state index contributed by atoms with van der Waals surface area (Å²) in [6.45, 7) is 0. The second-order valence-corrected chi connectivity index (χ2v) is 3.93. The number of hydrogen-bond acceptors (Lipinski definition) is 3. The molecular formula is C11H12FN3O2. The van der Waals surface area contributed by atoms with Crippen molar-refractivity contribution in [2.45, 2.75) is 18.9 Å². The third-order valence-corrected chi connectivity index (χ3v) is 2.80. The van der Waals surface area contributed by atoms with Gasteiger partial charge in [0.25, 0.3) is 0 Å². The zero-order valence-corrected chi connectivity index (χ0v) is 9.02. The van der Waals surface area contributed by atoms with E-state index in [1.807, 2.05) is 0 Å². The molecule has 0 bridgehead atoms. The second-order valence-electron chi connectivity index (χ2n) is 3.93. The number of carbonyl (C=O) groups excluding carboxylic acids is 2. The Hall–Kier alpha value is -2.11. The molecule has 1 unspecified atom stereocenters. The molecule has 0 aliphatic carbocycles. The Balaban J connectivity index is 2.39. The number of hydrogen-bond donors (Lipinski definition) is 2. The van der Waals surface area contributed by atoms with E-state index in [0.717, 1.165) is 6.07 Å². The molecule has 1 aromatic carbocycles. The summed E-state index contributed by atoms with van der Waals surface area (Å²) in [5, 5.41) is 0. The van der Waals surface area contributed by atoms with Crippen molar-refractivity contribution in [1.29, 1.82) is 0 Å². The van der Waals surface area contributed by atoms with Gasteiger partial charge in [-0.05, 0) is 24.6 Å². The molecular weight excluding hydrogens is 225 g/mol. The first-order valence-corrected chi connectivity index (χ1v) is 5.17. The van der Waals surface area contributed by atoms with E-state index in [2.05, 4.69) is 0 Å². The predicted octanol–water partition coefficient (Wildman–Crippen LogP) is 0.389. The summed E-state index contributed by atoms with van der Waals surface area (Å²) in [5.41, 5.74) is 10.9. The van der Waals surface area contributed by atoms with Crippen LogP contribution in [0.1, 0.15) is 12.8 Å². The topological polar surface area (TPSA) is 89.4 Å². The number of primary amides is 1. The molecule has 0 aromatic heterocycles. The first-order valence-electron chi connectivity index (χ1n) is 5.17. The number of carbonyl (C=O) groups is 2. The Kier molecular flexibility index (Phi) is 2.71. The molecule has 0 spiro atoms. The minimum absolute atomic E-state index is 0.00368. The van der Waals surface area contributed by atoms with E-state index in [0.29, 0.717) is 12.1 Å². The fourth-order valence-electron chi connectivity index (χ4n) is 1.94. The Morgan fingerprint density at radius 2 is 2.18 bits per heavy atom. The highest BCUT2D eigenvalue weighted by molar-refractivity contribution is 6.03. The molecule has 2 amide bonds. The van der Waals surface area contributed by atoms with Crippen LogP contribution in [0.4, 0.5) is 15.8 Å². The standard InChI is InChI=1S/C11H12FN3O2/c12-7-5-6(1-2-8(7)13)15-9(11(14)17)3-4-10(15)16/h1-2,5,9H,3-4,13H2,(H2,14,17). The van der Waals surface area contributed by atoms with Gasteiger partial charge in [0, 0.05) is 12.1 Å². The fourth-order valence-corrected chi connectivity index (χ4v) is 1.94. The van der Waals surface area contributed by atoms with Crippen LogP contribution < -0.4 is 16.4 Å².